The Balaban J connectivity index is 0.00000274. The number of aliphatic hydroxyl groups is 1. The zero-order valence-corrected chi connectivity index (χ0v) is 21.6. The standard InChI is InChI=1S/C24H31N3O5S.BrH/c28-22(25-21-10-13-31-26-21)16-27-11-8-17(9-12-27)19(15-27)32-23(29)24(30,20-7-4-14-33-20)18-5-2-1-3-6-18;/h4,7,10,13-14,17-19,30H,1-3,5-6,8-9,11-12,15-16H2;1H/t17?,19?,24-,27?;/m0./s1. The Hall–Kier alpha value is -1.75. The van der Waals surface area contributed by atoms with Gasteiger partial charge in [0.25, 0.3) is 5.91 Å². The Morgan fingerprint density at radius 2 is 1.97 bits per heavy atom. The second kappa shape index (κ2) is 10.5. The summed E-state index contributed by atoms with van der Waals surface area (Å²) >= 11 is 1.42. The molecule has 2 atom stereocenters. The summed E-state index contributed by atoms with van der Waals surface area (Å²) in [6.07, 6.45) is 7.83. The fourth-order valence-corrected chi connectivity index (χ4v) is 6.94. The minimum atomic E-state index is -1.59. The summed E-state index contributed by atoms with van der Waals surface area (Å²) in [7, 11) is 0. The molecule has 2 aromatic rings. The lowest BCUT2D eigenvalue weighted by Gasteiger charge is -2.52. The molecular weight excluding hydrogens is 522 g/mol. The van der Waals surface area contributed by atoms with Crippen molar-refractivity contribution in [2.45, 2.75) is 56.7 Å². The fourth-order valence-electron chi connectivity index (χ4n) is 6.05. The van der Waals surface area contributed by atoms with E-state index in [1.165, 1.54) is 17.6 Å². The molecule has 4 fully saturated rings. The molecule has 6 rings (SSSR count). The van der Waals surface area contributed by atoms with Crippen LogP contribution < -0.4 is 22.3 Å². The highest BCUT2D eigenvalue weighted by Crippen LogP contribution is 2.43. The first-order valence-corrected chi connectivity index (χ1v) is 12.9. The minimum Gasteiger partial charge on any atom is -1.00 e. The summed E-state index contributed by atoms with van der Waals surface area (Å²) in [5, 5.41) is 20.2. The van der Waals surface area contributed by atoms with Crippen LogP contribution in [-0.2, 0) is 19.9 Å². The number of quaternary nitrogens is 1. The van der Waals surface area contributed by atoms with Gasteiger partial charge in [0.1, 0.15) is 12.8 Å². The quantitative estimate of drug-likeness (QED) is 0.377. The highest BCUT2D eigenvalue weighted by Gasteiger charge is 2.53. The Morgan fingerprint density at radius 3 is 2.62 bits per heavy atom. The van der Waals surface area contributed by atoms with Gasteiger partial charge in [0.05, 0.1) is 13.1 Å². The van der Waals surface area contributed by atoms with Crippen molar-refractivity contribution >= 4 is 29.0 Å². The van der Waals surface area contributed by atoms with E-state index < -0.39 is 11.6 Å². The highest BCUT2D eigenvalue weighted by atomic mass is 79.9. The van der Waals surface area contributed by atoms with Crippen LogP contribution >= 0.6 is 11.3 Å². The third-order valence-corrected chi connectivity index (χ3v) is 8.88. The van der Waals surface area contributed by atoms with E-state index in [-0.39, 0.29) is 40.8 Å². The average Bonchev–Trinajstić information content (AvgIpc) is 3.54. The van der Waals surface area contributed by atoms with Gasteiger partial charge in [-0.05, 0) is 24.3 Å². The first-order valence-electron chi connectivity index (χ1n) is 12.0. The largest absolute Gasteiger partial charge is 1.00 e. The van der Waals surface area contributed by atoms with Crippen LogP contribution in [0.25, 0.3) is 0 Å². The first-order chi connectivity index (χ1) is 16.0. The smallest absolute Gasteiger partial charge is 0.344 e. The van der Waals surface area contributed by atoms with E-state index in [0.717, 1.165) is 58.0 Å². The number of anilines is 1. The fraction of sp³-hybridized carbons (Fsp3) is 0.625. The summed E-state index contributed by atoms with van der Waals surface area (Å²) in [6, 6.07) is 5.34. The average molecular weight is 555 g/mol. The number of nitrogens with one attached hydrogen (secondary N) is 1. The monoisotopic (exact) mass is 553 g/mol. The third kappa shape index (κ3) is 4.96. The zero-order valence-electron chi connectivity index (χ0n) is 19.2. The molecular formula is C24H32BrN3O5S. The molecule has 0 radical (unpaired) electrons. The number of piperidine rings is 3. The van der Waals surface area contributed by atoms with Crippen LogP contribution in [0.5, 0.6) is 0 Å². The first kappa shape index (κ1) is 25.3. The van der Waals surface area contributed by atoms with E-state index in [0.29, 0.717) is 28.3 Å². The number of nitrogens with zero attached hydrogens (tertiary/aromatic N) is 2. The second-order valence-corrected chi connectivity index (χ2v) is 10.9. The Morgan fingerprint density at radius 1 is 1.21 bits per heavy atom. The van der Waals surface area contributed by atoms with Crippen LogP contribution in [0, 0.1) is 11.8 Å². The summed E-state index contributed by atoms with van der Waals surface area (Å²) < 4.78 is 11.5. The Bertz CT molecular complexity index is 955. The van der Waals surface area contributed by atoms with Crippen molar-refractivity contribution in [1.82, 2.24) is 5.16 Å². The van der Waals surface area contributed by atoms with Crippen molar-refractivity contribution in [2.75, 3.05) is 31.5 Å². The SMILES string of the molecule is O=C(C[N+]12CCC(CC1)C(OC(=O)[C@@](O)(c1cccs1)C1CCCCC1)C2)Nc1ccon1.[Br-]. The summed E-state index contributed by atoms with van der Waals surface area (Å²) in [4.78, 5) is 26.9. The van der Waals surface area contributed by atoms with Crippen LogP contribution in [0.2, 0.25) is 0 Å². The number of thiophene rings is 1. The molecule has 186 valence electrons. The number of rotatable bonds is 7. The number of esters is 1. The number of halogens is 1. The van der Waals surface area contributed by atoms with Gasteiger partial charge in [0.15, 0.2) is 24.1 Å². The number of aromatic nitrogens is 1. The van der Waals surface area contributed by atoms with Crippen molar-refractivity contribution in [1.29, 1.82) is 0 Å². The van der Waals surface area contributed by atoms with Gasteiger partial charge >= 0.3 is 5.97 Å². The van der Waals surface area contributed by atoms with Gasteiger partial charge in [-0.25, -0.2) is 4.79 Å². The van der Waals surface area contributed by atoms with Gasteiger partial charge in [-0.1, -0.05) is 30.5 Å². The number of amides is 1. The number of hydrogen-bond acceptors (Lipinski definition) is 7. The lowest BCUT2D eigenvalue weighted by Crippen LogP contribution is -3.00. The molecule has 0 spiro atoms. The molecule has 0 aromatic carbocycles. The van der Waals surface area contributed by atoms with Crippen molar-refractivity contribution in [3.05, 3.63) is 34.7 Å². The van der Waals surface area contributed by atoms with Crippen LogP contribution in [0.15, 0.2) is 34.4 Å². The summed E-state index contributed by atoms with van der Waals surface area (Å²) in [5.74, 6) is -0.0599. The normalized spacial score (nSPS) is 28.5. The minimum absolute atomic E-state index is 0. The summed E-state index contributed by atoms with van der Waals surface area (Å²) in [6.45, 7) is 2.70. The van der Waals surface area contributed by atoms with Gasteiger partial charge in [0, 0.05) is 35.6 Å². The number of carbonyl (C=O) groups excluding carboxylic acids is 2. The second-order valence-electron chi connectivity index (χ2n) is 9.92. The Labute approximate surface area is 214 Å². The maximum absolute atomic E-state index is 13.6. The highest BCUT2D eigenvalue weighted by molar-refractivity contribution is 7.10. The van der Waals surface area contributed by atoms with Crippen LogP contribution in [0.4, 0.5) is 5.82 Å². The number of hydrogen-bond donors (Lipinski definition) is 2. The van der Waals surface area contributed by atoms with Gasteiger partial charge in [-0.3, -0.25) is 4.79 Å². The van der Waals surface area contributed by atoms with Gasteiger partial charge in [-0.2, -0.15) is 0 Å². The van der Waals surface area contributed by atoms with Crippen molar-refractivity contribution < 1.29 is 45.4 Å². The molecule has 1 saturated carbocycles. The van der Waals surface area contributed by atoms with Gasteiger partial charge in [0.2, 0.25) is 0 Å². The van der Waals surface area contributed by atoms with Crippen molar-refractivity contribution in [3.63, 3.8) is 0 Å². The molecule has 2 aromatic heterocycles. The van der Waals surface area contributed by atoms with E-state index in [1.807, 2.05) is 17.5 Å². The van der Waals surface area contributed by atoms with E-state index in [1.54, 1.807) is 6.07 Å². The lowest BCUT2D eigenvalue weighted by atomic mass is 9.75. The molecule has 2 N–H and O–H groups in total. The number of carbonyl (C=O) groups is 2. The molecule has 3 saturated heterocycles. The number of ether oxygens (including phenoxy) is 1. The molecule has 5 heterocycles. The molecule has 1 aliphatic carbocycles. The maximum Gasteiger partial charge on any atom is 0.344 e. The molecule has 4 aliphatic rings. The predicted octanol–water partition coefficient (Wildman–Crippen LogP) is 0.299. The van der Waals surface area contributed by atoms with Gasteiger partial charge in [-0.15, -0.1) is 11.3 Å². The summed E-state index contributed by atoms with van der Waals surface area (Å²) in [5.41, 5.74) is -1.59. The Kier molecular flexibility index (Phi) is 7.81. The molecule has 3 aliphatic heterocycles. The maximum atomic E-state index is 13.6. The zero-order chi connectivity index (χ0) is 22.9. The van der Waals surface area contributed by atoms with Crippen LogP contribution in [0.3, 0.4) is 0 Å². The molecule has 1 amide bonds. The molecule has 2 bridgehead atoms. The van der Waals surface area contributed by atoms with E-state index in [4.69, 9.17) is 9.26 Å². The number of fused-ring (bicyclic) bond motifs is 3. The molecule has 34 heavy (non-hydrogen) atoms. The molecule has 10 heteroatoms. The van der Waals surface area contributed by atoms with Gasteiger partial charge < -0.3 is 41.1 Å². The lowest BCUT2D eigenvalue weighted by molar-refractivity contribution is -0.939. The van der Waals surface area contributed by atoms with E-state index >= 15 is 0 Å². The topological polar surface area (TPSA) is 102 Å². The van der Waals surface area contributed by atoms with E-state index in [2.05, 4.69) is 10.5 Å². The van der Waals surface area contributed by atoms with Crippen molar-refractivity contribution in [3.8, 4) is 0 Å². The van der Waals surface area contributed by atoms with E-state index in [9.17, 15) is 14.7 Å². The van der Waals surface area contributed by atoms with Crippen LogP contribution in [-0.4, -0.2) is 58.9 Å². The molecule has 8 nitrogen and oxygen atoms in total. The van der Waals surface area contributed by atoms with Crippen LogP contribution in [0.1, 0.15) is 49.8 Å². The van der Waals surface area contributed by atoms with Crippen molar-refractivity contribution in [2.24, 2.45) is 11.8 Å². The predicted molar refractivity (Wildman–Crippen MR) is 122 cm³/mol. The molecule has 1 unspecified atom stereocenters. The third-order valence-electron chi connectivity index (χ3n) is 7.89.